The molecule has 1 aliphatic heterocycles. The molecule has 48 valence electrons. The molecule has 1 atom stereocenters. The lowest BCUT2D eigenvalue weighted by molar-refractivity contribution is -0.312. The first-order chi connectivity index (χ1) is 4.15. The second-order valence-corrected chi connectivity index (χ2v) is 1.47. The van der Waals surface area contributed by atoms with Gasteiger partial charge in [0, 0.05) is 0 Å². The zero-order valence-corrected chi connectivity index (χ0v) is 4.31. The van der Waals surface area contributed by atoms with Gasteiger partial charge in [-0.25, -0.2) is 4.99 Å². The van der Waals surface area contributed by atoms with Crippen LogP contribution in [0, 0.1) is 0 Å². The van der Waals surface area contributed by atoms with Crippen LogP contribution in [0.2, 0.25) is 0 Å². The molecule has 0 amide bonds. The van der Waals surface area contributed by atoms with Crippen molar-refractivity contribution in [3.05, 3.63) is 0 Å². The highest BCUT2D eigenvalue weighted by molar-refractivity contribution is 5.79. The normalized spacial score (nSPS) is 31.2. The average molecular weight is 127 g/mol. The molecule has 2 N–H and O–H groups in total. The molecule has 1 rings (SSSR count). The summed E-state index contributed by atoms with van der Waals surface area (Å²) in [4.78, 5) is 13.2. The highest BCUT2D eigenvalue weighted by Crippen LogP contribution is 2.07. The van der Waals surface area contributed by atoms with Gasteiger partial charge in [0.25, 0.3) is 5.79 Å². The summed E-state index contributed by atoms with van der Waals surface area (Å²) in [6.45, 7) is 0. The molecule has 6 nitrogen and oxygen atoms in total. The van der Waals surface area contributed by atoms with Crippen molar-refractivity contribution >= 4 is 12.3 Å². The van der Waals surface area contributed by atoms with Gasteiger partial charge in [0.05, 0.1) is 0 Å². The van der Waals surface area contributed by atoms with Crippen molar-refractivity contribution in [3.8, 4) is 0 Å². The molecule has 0 fully saturated rings. The lowest BCUT2D eigenvalue weighted by atomic mass is 10.4. The number of carbonyl (C=O) groups is 1. The lowest BCUT2D eigenvalue weighted by Crippen LogP contribution is -2.51. The molecule has 0 aromatic carbocycles. The number of hydrogen-bond donors (Lipinski definition) is 1. The smallest absolute Gasteiger partial charge is 0.264 e. The van der Waals surface area contributed by atoms with Crippen LogP contribution in [0.1, 0.15) is 0 Å². The fourth-order valence-corrected chi connectivity index (χ4v) is 0.347. The molecule has 0 aromatic rings. The van der Waals surface area contributed by atoms with Crippen LogP contribution >= 0.6 is 0 Å². The van der Waals surface area contributed by atoms with Gasteiger partial charge in [0.2, 0.25) is 0 Å². The van der Waals surface area contributed by atoms with Crippen molar-refractivity contribution in [2.75, 3.05) is 0 Å². The summed E-state index contributed by atoms with van der Waals surface area (Å²) in [7, 11) is 0. The van der Waals surface area contributed by atoms with E-state index in [-0.39, 0.29) is 0 Å². The highest BCUT2D eigenvalue weighted by atomic mass is 16.4. The van der Waals surface area contributed by atoms with E-state index in [1.807, 2.05) is 0 Å². The summed E-state index contributed by atoms with van der Waals surface area (Å²) < 4.78 is 0. The van der Waals surface area contributed by atoms with Gasteiger partial charge in [-0.05, 0) is 0 Å². The summed E-state index contributed by atoms with van der Waals surface area (Å²) in [6.07, 6.45) is 0.968. The zero-order valence-electron chi connectivity index (χ0n) is 4.31. The Balaban J connectivity index is 2.88. The van der Waals surface area contributed by atoms with E-state index in [1.165, 1.54) is 0 Å². The summed E-state index contributed by atoms with van der Waals surface area (Å²) in [5, 5.41) is 16.3. The summed E-state index contributed by atoms with van der Waals surface area (Å²) in [5.41, 5.74) is 4.98. The van der Waals surface area contributed by atoms with E-state index in [2.05, 4.69) is 15.2 Å². The first kappa shape index (κ1) is 5.83. The number of nitrogens with two attached hydrogens (primary N) is 1. The molecule has 0 saturated heterocycles. The number of nitrogens with zero attached hydrogens (tertiary/aromatic N) is 3. The van der Waals surface area contributed by atoms with Crippen LogP contribution in [0.4, 0.5) is 0 Å². The van der Waals surface area contributed by atoms with E-state index in [9.17, 15) is 9.90 Å². The van der Waals surface area contributed by atoms with Crippen molar-refractivity contribution in [1.29, 1.82) is 0 Å². The first-order valence-corrected chi connectivity index (χ1v) is 2.11. The van der Waals surface area contributed by atoms with Gasteiger partial charge in [-0.15, -0.1) is 10.2 Å². The monoisotopic (exact) mass is 127 g/mol. The molecule has 0 aromatic heterocycles. The number of carboxylic acid groups (broad SMARTS) is 1. The molecular formula is C3H3N4O2-. The average Bonchev–Trinajstić information content (AvgIpc) is 2.16. The third-order valence-electron chi connectivity index (χ3n) is 0.817. The van der Waals surface area contributed by atoms with E-state index >= 15 is 0 Å². The Morgan fingerprint density at radius 1 is 1.78 bits per heavy atom. The fourth-order valence-electron chi connectivity index (χ4n) is 0.347. The second kappa shape index (κ2) is 1.59. The Morgan fingerprint density at radius 2 is 2.44 bits per heavy atom. The highest BCUT2D eigenvalue weighted by Gasteiger charge is 2.26. The molecular weight excluding hydrogens is 124 g/mol. The predicted octanol–water partition coefficient (Wildman–Crippen LogP) is -2.16. The van der Waals surface area contributed by atoms with E-state index in [0.717, 1.165) is 6.34 Å². The van der Waals surface area contributed by atoms with Gasteiger partial charge in [0.15, 0.2) is 0 Å². The van der Waals surface area contributed by atoms with Crippen molar-refractivity contribution in [3.63, 3.8) is 0 Å². The summed E-state index contributed by atoms with van der Waals surface area (Å²) >= 11 is 0. The van der Waals surface area contributed by atoms with Crippen LogP contribution in [-0.4, -0.2) is 18.1 Å². The molecule has 0 aliphatic carbocycles. The number of carbonyl (C=O) groups excluding carboxylic acids is 1. The molecule has 0 spiro atoms. The predicted molar refractivity (Wildman–Crippen MR) is 25.3 cm³/mol. The van der Waals surface area contributed by atoms with Gasteiger partial charge < -0.3 is 9.90 Å². The summed E-state index contributed by atoms with van der Waals surface area (Å²) in [6, 6.07) is 0. The molecule has 0 bridgehead atoms. The molecule has 1 heterocycles. The number of azo groups is 1. The number of carboxylic acids is 1. The van der Waals surface area contributed by atoms with Crippen LogP contribution in [0.5, 0.6) is 0 Å². The quantitative estimate of drug-likeness (QED) is 0.434. The minimum atomic E-state index is -1.97. The third kappa shape index (κ3) is 0.789. The number of hydrogen-bond acceptors (Lipinski definition) is 6. The Hall–Kier alpha value is -1.30. The number of aliphatic carboxylic acids is 1. The van der Waals surface area contributed by atoms with Gasteiger partial charge in [-0.3, -0.25) is 5.73 Å². The minimum Gasteiger partial charge on any atom is -0.544 e. The van der Waals surface area contributed by atoms with Gasteiger partial charge in [-0.2, -0.15) is 0 Å². The van der Waals surface area contributed by atoms with Crippen LogP contribution in [0.15, 0.2) is 15.2 Å². The van der Waals surface area contributed by atoms with Gasteiger partial charge >= 0.3 is 0 Å². The van der Waals surface area contributed by atoms with E-state index in [1.54, 1.807) is 0 Å². The minimum absolute atomic E-state index is 0.968. The SMILES string of the molecule is NC1(C(=O)[O-])N=CN=N1. The Labute approximate surface area is 50.1 Å². The number of aliphatic imine (C=N–C) groups is 1. The molecule has 6 heteroatoms. The maximum atomic E-state index is 10.0. The van der Waals surface area contributed by atoms with Crippen LogP contribution < -0.4 is 10.8 Å². The largest absolute Gasteiger partial charge is 0.544 e. The van der Waals surface area contributed by atoms with Crippen molar-refractivity contribution in [2.45, 2.75) is 5.79 Å². The van der Waals surface area contributed by atoms with Gasteiger partial charge in [0.1, 0.15) is 12.3 Å². The standard InChI is InChI=1S/C3H4N4O2/c4-3(2(8)9)5-1-6-7-3/h1H,4H2,(H,8,9)/p-1. The second-order valence-electron chi connectivity index (χ2n) is 1.47. The van der Waals surface area contributed by atoms with E-state index < -0.39 is 11.8 Å². The fraction of sp³-hybridized carbons (Fsp3) is 0.333. The molecule has 0 radical (unpaired) electrons. The zero-order chi connectivity index (χ0) is 6.91. The lowest BCUT2D eigenvalue weighted by Gasteiger charge is -2.14. The van der Waals surface area contributed by atoms with Crippen LogP contribution in [0.25, 0.3) is 0 Å². The van der Waals surface area contributed by atoms with Crippen LogP contribution in [-0.2, 0) is 4.79 Å². The Morgan fingerprint density at radius 3 is 2.67 bits per heavy atom. The molecule has 9 heavy (non-hydrogen) atoms. The van der Waals surface area contributed by atoms with Crippen molar-refractivity contribution < 1.29 is 9.90 Å². The third-order valence-corrected chi connectivity index (χ3v) is 0.817. The van der Waals surface area contributed by atoms with Crippen molar-refractivity contribution in [1.82, 2.24) is 0 Å². The van der Waals surface area contributed by atoms with Gasteiger partial charge in [-0.1, -0.05) is 0 Å². The maximum absolute atomic E-state index is 10.0. The van der Waals surface area contributed by atoms with E-state index in [4.69, 9.17) is 5.73 Å². The number of rotatable bonds is 1. The molecule has 1 aliphatic rings. The molecule has 0 saturated carbocycles. The maximum Gasteiger partial charge on any atom is 0.264 e. The van der Waals surface area contributed by atoms with Crippen LogP contribution in [0.3, 0.4) is 0 Å². The van der Waals surface area contributed by atoms with E-state index in [0.29, 0.717) is 0 Å². The Kier molecular flexibility index (Phi) is 1.03. The topological polar surface area (TPSA) is 103 Å². The molecule has 1 unspecified atom stereocenters. The first-order valence-electron chi connectivity index (χ1n) is 2.11. The summed E-state index contributed by atoms with van der Waals surface area (Å²) in [5.74, 6) is -3.53. The Bertz CT molecular complexity index is 184. The van der Waals surface area contributed by atoms with Crippen molar-refractivity contribution in [2.24, 2.45) is 21.0 Å².